The van der Waals surface area contributed by atoms with Crippen LogP contribution in [-0.2, 0) is 19.6 Å². The van der Waals surface area contributed by atoms with E-state index in [-0.39, 0.29) is 0 Å². The second kappa shape index (κ2) is 8.82. The SMILES string of the molecule is COc1cccc(OCc2ccc(-c3nnc(CCn4nc(C)cc4C)o3)cc2)c1. The van der Waals surface area contributed by atoms with Crippen LogP contribution in [0.25, 0.3) is 11.5 Å². The summed E-state index contributed by atoms with van der Waals surface area (Å²) in [5.74, 6) is 2.65. The summed E-state index contributed by atoms with van der Waals surface area (Å²) in [6.45, 7) is 5.20. The van der Waals surface area contributed by atoms with Gasteiger partial charge in [0.05, 0.1) is 12.8 Å². The molecule has 0 unspecified atom stereocenters. The molecule has 4 rings (SSSR count). The Labute approximate surface area is 175 Å². The molecule has 2 heterocycles. The Kier molecular flexibility index (Phi) is 5.79. The Morgan fingerprint density at radius 1 is 0.967 bits per heavy atom. The van der Waals surface area contributed by atoms with Gasteiger partial charge < -0.3 is 13.9 Å². The summed E-state index contributed by atoms with van der Waals surface area (Å²) >= 11 is 0. The zero-order chi connectivity index (χ0) is 20.9. The Morgan fingerprint density at radius 3 is 2.50 bits per heavy atom. The summed E-state index contributed by atoms with van der Waals surface area (Å²) in [6, 6.07) is 17.5. The fourth-order valence-corrected chi connectivity index (χ4v) is 3.18. The smallest absolute Gasteiger partial charge is 0.247 e. The van der Waals surface area contributed by atoms with Crippen LogP contribution in [0.4, 0.5) is 0 Å². The first-order valence-electron chi connectivity index (χ1n) is 9.80. The van der Waals surface area contributed by atoms with Gasteiger partial charge in [0.25, 0.3) is 0 Å². The third-order valence-corrected chi connectivity index (χ3v) is 4.76. The van der Waals surface area contributed by atoms with Crippen LogP contribution in [0, 0.1) is 13.8 Å². The molecule has 0 saturated heterocycles. The molecule has 0 aliphatic heterocycles. The molecular formula is C23H24N4O3. The fourth-order valence-electron chi connectivity index (χ4n) is 3.18. The van der Waals surface area contributed by atoms with Crippen molar-refractivity contribution in [3.8, 4) is 23.0 Å². The molecule has 0 bridgehead atoms. The molecule has 154 valence electrons. The quantitative estimate of drug-likeness (QED) is 0.434. The van der Waals surface area contributed by atoms with Gasteiger partial charge in [-0.05, 0) is 49.7 Å². The first-order valence-corrected chi connectivity index (χ1v) is 9.80. The molecule has 0 aliphatic rings. The monoisotopic (exact) mass is 404 g/mol. The molecule has 0 saturated carbocycles. The molecule has 0 radical (unpaired) electrons. The summed E-state index contributed by atoms with van der Waals surface area (Å²) in [7, 11) is 1.64. The summed E-state index contributed by atoms with van der Waals surface area (Å²) in [5.41, 5.74) is 4.06. The zero-order valence-electron chi connectivity index (χ0n) is 17.3. The Bertz CT molecular complexity index is 1120. The highest BCUT2D eigenvalue weighted by Gasteiger charge is 2.10. The van der Waals surface area contributed by atoms with Crippen molar-refractivity contribution in [3.05, 3.63) is 77.4 Å². The molecule has 0 N–H and O–H groups in total. The maximum atomic E-state index is 5.83. The number of methoxy groups -OCH3 is 1. The molecule has 0 spiro atoms. The van der Waals surface area contributed by atoms with Crippen LogP contribution in [-0.4, -0.2) is 27.1 Å². The van der Waals surface area contributed by atoms with Gasteiger partial charge in [-0.1, -0.05) is 18.2 Å². The molecule has 0 fully saturated rings. The van der Waals surface area contributed by atoms with Crippen molar-refractivity contribution < 1.29 is 13.9 Å². The zero-order valence-corrected chi connectivity index (χ0v) is 17.3. The van der Waals surface area contributed by atoms with E-state index in [0.717, 1.165) is 34.0 Å². The minimum Gasteiger partial charge on any atom is -0.497 e. The number of aryl methyl sites for hydroxylation is 4. The van der Waals surface area contributed by atoms with Crippen molar-refractivity contribution in [2.45, 2.75) is 33.4 Å². The average Bonchev–Trinajstić information content (AvgIpc) is 3.37. The van der Waals surface area contributed by atoms with Crippen LogP contribution in [0.15, 0.2) is 59.0 Å². The number of aromatic nitrogens is 4. The van der Waals surface area contributed by atoms with E-state index in [1.807, 2.05) is 67.1 Å². The second-order valence-electron chi connectivity index (χ2n) is 7.07. The highest BCUT2D eigenvalue weighted by molar-refractivity contribution is 5.53. The van der Waals surface area contributed by atoms with Crippen LogP contribution in [0.5, 0.6) is 11.5 Å². The van der Waals surface area contributed by atoms with E-state index >= 15 is 0 Å². The Balaban J connectivity index is 1.35. The fraction of sp³-hybridized carbons (Fsp3) is 0.261. The summed E-state index contributed by atoms with van der Waals surface area (Å²) in [4.78, 5) is 0. The highest BCUT2D eigenvalue weighted by atomic mass is 16.5. The van der Waals surface area contributed by atoms with Crippen molar-refractivity contribution >= 4 is 0 Å². The van der Waals surface area contributed by atoms with Crippen molar-refractivity contribution in [3.63, 3.8) is 0 Å². The topological polar surface area (TPSA) is 75.2 Å². The van der Waals surface area contributed by atoms with Gasteiger partial charge in [-0.25, -0.2) is 0 Å². The first kappa shape index (κ1) is 19.7. The maximum Gasteiger partial charge on any atom is 0.247 e. The molecular weight excluding hydrogens is 380 g/mol. The second-order valence-corrected chi connectivity index (χ2v) is 7.07. The minimum absolute atomic E-state index is 0.463. The largest absolute Gasteiger partial charge is 0.497 e. The minimum atomic E-state index is 0.463. The number of hydrogen-bond donors (Lipinski definition) is 0. The normalized spacial score (nSPS) is 10.9. The van der Waals surface area contributed by atoms with Crippen LogP contribution in [0.2, 0.25) is 0 Å². The van der Waals surface area contributed by atoms with Crippen LogP contribution in [0.1, 0.15) is 22.8 Å². The van der Waals surface area contributed by atoms with Gasteiger partial charge in [0.2, 0.25) is 11.8 Å². The molecule has 0 amide bonds. The van der Waals surface area contributed by atoms with Gasteiger partial charge in [0, 0.05) is 30.3 Å². The molecule has 4 aromatic rings. The van der Waals surface area contributed by atoms with E-state index < -0.39 is 0 Å². The average molecular weight is 404 g/mol. The third-order valence-electron chi connectivity index (χ3n) is 4.76. The van der Waals surface area contributed by atoms with Crippen molar-refractivity contribution in [1.29, 1.82) is 0 Å². The maximum absolute atomic E-state index is 5.83. The lowest BCUT2D eigenvalue weighted by molar-refractivity contribution is 0.303. The van der Waals surface area contributed by atoms with Crippen molar-refractivity contribution in [2.24, 2.45) is 0 Å². The number of rotatable bonds is 8. The lowest BCUT2D eigenvalue weighted by atomic mass is 10.1. The third kappa shape index (κ3) is 4.68. The van der Waals surface area contributed by atoms with E-state index in [0.29, 0.717) is 31.4 Å². The molecule has 0 aliphatic carbocycles. The number of ether oxygens (including phenoxy) is 2. The van der Waals surface area contributed by atoms with Crippen LogP contribution >= 0.6 is 0 Å². The number of hydrogen-bond acceptors (Lipinski definition) is 6. The van der Waals surface area contributed by atoms with E-state index in [2.05, 4.69) is 21.4 Å². The summed E-state index contributed by atoms with van der Waals surface area (Å²) in [6.07, 6.45) is 0.640. The Morgan fingerprint density at radius 2 is 1.77 bits per heavy atom. The van der Waals surface area contributed by atoms with Crippen molar-refractivity contribution in [2.75, 3.05) is 7.11 Å². The van der Waals surface area contributed by atoms with Crippen molar-refractivity contribution in [1.82, 2.24) is 20.0 Å². The van der Waals surface area contributed by atoms with Gasteiger partial charge in [0.15, 0.2) is 0 Å². The number of benzene rings is 2. The van der Waals surface area contributed by atoms with E-state index in [4.69, 9.17) is 13.9 Å². The van der Waals surface area contributed by atoms with Gasteiger partial charge in [0.1, 0.15) is 18.1 Å². The summed E-state index contributed by atoms with van der Waals surface area (Å²) in [5, 5.41) is 12.8. The molecule has 7 heteroatoms. The van der Waals surface area contributed by atoms with Gasteiger partial charge in [-0.3, -0.25) is 4.68 Å². The molecule has 7 nitrogen and oxygen atoms in total. The standard InChI is InChI=1S/C23H24N4O3/c1-16-13-17(2)27(26-16)12-11-22-24-25-23(30-22)19-9-7-18(8-10-19)15-29-21-6-4-5-20(14-21)28-3/h4-10,13-14H,11-12,15H2,1-3H3. The van der Waals surface area contributed by atoms with Gasteiger partial charge in [-0.2, -0.15) is 5.10 Å². The highest BCUT2D eigenvalue weighted by Crippen LogP contribution is 2.22. The van der Waals surface area contributed by atoms with Gasteiger partial charge in [-0.15, -0.1) is 10.2 Å². The number of nitrogens with zero attached hydrogens (tertiary/aromatic N) is 4. The summed E-state index contributed by atoms with van der Waals surface area (Å²) < 4.78 is 18.8. The van der Waals surface area contributed by atoms with E-state index in [9.17, 15) is 0 Å². The van der Waals surface area contributed by atoms with Gasteiger partial charge >= 0.3 is 0 Å². The Hall–Kier alpha value is -3.61. The first-order chi connectivity index (χ1) is 14.6. The molecule has 30 heavy (non-hydrogen) atoms. The molecule has 0 atom stereocenters. The molecule has 2 aromatic heterocycles. The predicted octanol–water partition coefficient (Wildman–Crippen LogP) is 4.38. The predicted molar refractivity (Wildman–Crippen MR) is 112 cm³/mol. The lowest BCUT2D eigenvalue weighted by Gasteiger charge is -2.08. The van der Waals surface area contributed by atoms with Crippen LogP contribution in [0.3, 0.4) is 0 Å². The van der Waals surface area contributed by atoms with E-state index in [1.165, 1.54) is 0 Å². The van der Waals surface area contributed by atoms with E-state index in [1.54, 1.807) is 7.11 Å². The van der Waals surface area contributed by atoms with Crippen LogP contribution < -0.4 is 9.47 Å². The molecule has 2 aromatic carbocycles. The lowest BCUT2D eigenvalue weighted by Crippen LogP contribution is -2.05.